The smallest absolute Gasteiger partial charge is 0.326 e. The summed E-state index contributed by atoms with van der Waals surface area (Å²) in [5.41, 5.74) is -0.507. The number of esters is 1. The van der Waals surface area contributed by atoms with Crippen LogP contribution in [-0.2, 0) is 14.3 Å². The zero-order valence-electron chi connectivity index (χ0n) is 11.4. The van der Waals surface area contributed by atoms with E-state index in [9.17, 15) is 4.79 Å². The molecule has 5 nitrogen and oxygen atoms in total. The zero-order chi connectivity index (χ0) is 13.0. The van der Waals surface area contributed by atoms with Crippen LogP contribution >= 0.6 is 0 Å². The molecule has 1 atom stereocenters. The van der Waals surface area contributed by atoms with Crippen molar-refractivity contribution in [2.24, 2.45) is 0 Å². The largest absolute Gasteiger partial charge is 0.468 e. The number of piperidine rings is 1. The van der Waals surface area contributed by atoms with Gasteiger partial charge in [-0.25, -0.2) is 0 Å². The molecule has 0 aromatic carbocycles. The van der Waals surface area contributed by atoms with Crippen molar-refractivity contribution in [2.45, 2.75) is 37.3 Å². The van der Waals surface area contributed by atoms with Crippen LogP contribution in [0.5, 0.6) is 0 Å². The monoisotopic (exact) mass is 256 g/mol. The van der Waals surface area contributed by atoms with Crippen LogP contribution in [0.4, 0.5) is 0 Å². The number of rotatable bonds is 4. The maximum Gasteiger partial charge on any atom is 0.326 e. The summed E-state index contributed by atoms with van der Waals surface area (Å²) >= 11 is 0. The maximum atomic E-state index is 12.1. The van der Waals surface area contributed by atoms with Gasteiger partial charge in [-0.2, -0.15) is 0 Å². The Balaban J connectivity index is 1.93. The Bertz CT molecular complexity index is 282. The van der Waals surface area contributed by atoms with Gasteiger partial charge in [-0.15, -0.1) is 0 Å². The Morgan fingerprint density at radius 3 is 2.78 bits per heavy atom. The Morgan fingerprint density at radius 1 is 1.50 bits per heavy atom. The molecule has 0 aromatic rings. The Kier molecular flexibility index (Phi) is 4.59. The van der Waals surface area contributed by atoms with E-state index in [1.165, 1.54) is 7.11 Å². The third kappa shape index (κ3) is 3.02. The number of ether oxygens (including phenoxy) is 2. The van der Waals surface area contributed by atoms with Crippen molar-refractivity contribution >= 4 is 5.97 Å². The molecule has 0 radical (unpaired) electrons. The minimum absolute atomic E-state index is 0.131. The molecular weight excluding hydrogens is 232 g/mol. The van der Waals surface area contributed by atoms with Gasteiger partial charge in [0.25, 0.3) is 0 Å². The number of nitrogens with zero attached hydrogens (tertiary/aromatic N) is 1. The fraction of sp³-hybridized carbons (Fsp3) is 0.923. The van der Waals surface area contributed by atoms with Crippen molar-refractivity contribution in [3.63, 3.8) is 0 Å². The Labute approximate surface area is 109 Å². The van der Waals surface area contributed by atoms with Gasteiger partial charge >= 0.3 is 5.97 Å². The summed E-state index contributed by atoms with van der Waals surface area (Å²) in [5.74, 6) is -0.131. The van der Waals surface area contributed by atoms with Gasteiger partial charge in [0.15, 0.2) is 0 Å². The van der Waals surface area contributed by atoms with Crippen molar-refractivity contribution in [3.8, 4) is 0 Å². The van der Waals surface area contributed by atoms with Crippen molar-refractivity contribution in [1.29, 1.82) is 0 Å². The number of carbonyl (C=O) groups is 1. The second-order valence-electron chi connectivity index (χ2n) is 5.39. The van der Waals surface area contributed by atoms with Crippen LogP contribution in [0.25, 0.3) is 0 Å². The van der Waals surface area contributed by atoms with Crippen LogP contribution in [0.1, 0.15) is 25.7 Å². The lowest BCUT2D eigenvalue weighted by Crippen LogP contribution is -2.59. The first-order valence-electron chi connectivity index (χ1n) is 6.80. The van der Waals surface area contributed by atoms with E-state index in [1.807, 2.05) is 0 Å². The molecule has 2 fully saturated rings. The van der Waals surface area contributed by atoms with E-state index in [2.05, 4.69) is 17.3 Å². The molecule has 0 bridgehead atoms. The van der Waals surface area contributed by atoms with Gasteiger partial charge in [0.05, 0.1) is 13.2 Å². The molecule has 1 N–H and O–H groups in total. The highest BCUT2D eigenvalue weighted by atomic mass is 16.5. The van der Waals surface area contributed by atoms with Gasteiger partial charge in [0.2, 0.25) is 0 Å². The number of hydrogen-bond donors (Lipinski definition) is 1. The Hall–Kier alpha value is -0.650. The molecule has 18 heavy (non-hydrogen) atoms. The third-order valence-corrected chi connectivity index (χ3v) is 4.11. The quantitative estimate of drug-likeness (QED) is 0.738. The molecule has 1 unspecified atom stereocenters. The summed E-state index contributed by atoms with van der Waals surface area (Å²) in [7, 11) is 3.55. The molecule has 0 aromatic heterocycles. The average Bonchev–Trinajstić information content (AvgIpc) is 2.91. The van der Waals surface area contributed by atoms with Gasteiger partial charge < -0.3 is 14.4 Å². The summed E-state index contributed by atoms with van der Waals surface area (Å²) in [6.45, 7) is 3.44. The van der Waals surface area contributed by atoms with Gasteiger partial charge in [-0.1, -0.05) is 0 Å². The maximum absolute atomic E-state index is 12.1. The molecule has 104 valence electrons. The number of carbonyl (C=O) groups excluding carboxylic acids is 1. The molecule has 0 amide bonds. The summed E-state index contributed by atoms with van der Waals surface area (Å²) < 4.78 is 10.6. The minimum Gasteiger partial charge on any atom is -0.468 e. The van der Waals surface area contributed by atoms with Gasteiger partial charge in [-0.05, 0) is 32.7 Å². The number of nitrogens with one attached hydrogen (secondary N) is 1. The summed E-state index contributed by atoms with van der Waals surface area (Å²) in [6, 6.07) is 0. The van der Waals surface area contributed by atoms with Crippen LogP contribution in [0.2, 0.25) is 0 Å². The lowest BCUT2D eigenvalue weighted by atomic mass is 9.87. The molecule has 5 heteroatoms. The topological polar surface area (TPSA) is 50.8 Å². The fourth-order valence-electron chi connectivity index (χ4n) is 2.76. The Morgan fingerprint density at radius 2 is 2.22 bits per heavy atom. The van der Waals surface area contributed by atoms with Crippen LogP contribution < -0.4 is 5.32 Å². The number of likely N-dealkylation sites (tertiary alicyclic amines) is 1. The molecule has 2 heterocycles. The molecule has 0 spiro atoms. The summed E-state index contributed by atoms with van der Waals surface area (Å²) in [6.07, 6.45) is 4.09. The van der Waals surface area contributed by atoms with Crippen molar-refractivity contribution in [3.05, 3.63) is 0 Å². The summed E-state index contributed by atoms with van der Waals surface area (Å²) in [5, 5.41) is 3.42. The molecule has 2 aliphatic heterocycles. The zero-order valence-corrected chi connectivity index (χ0v) is 11.4. The highest BCUT2D eigenvalue weighted by Gasteiger charge is 2.42. The van der Waals surface area contributed by atoms with Gasteiger partial charge in [0, 0.05) is 26.2 Å². The predicted molar refractivity (Wildman–Crippen MR) is 68.5 cm³/mol. The first-order chi connectivity index (χ1) is 8.66. The van der Waals surface area contributed by atoms with E-state index in [-0.39, 0.29) is 12.1 Å². The van der Waals surface area contributed by atoms with E-state index >= 15 is 0 Å². The van der Waals surface area contributed by atoms with Crippen molar-refractivity contribution in [1.82, 2.24) is 10.2 Å². The van der Waals surface area contributed by atoms with E-state index in [0.717, 1.165) is 51.9 Å². The van der Waals surface area contributed by atoms with E-state index in [0.29, 0.717) is 0 Å². The second-order valence-corrected chi connectivity index (χ2v) is 5.39. The third-order valence-electron chi connectivity index (χ3n) is 4.11. The van der Waals surface area contributed by atoms with E-state index in [4.69, 9.17) is 9.47 Å². The first kappa shape index (κ1) is 13.8. The van der Waals surface area contributed by atoms with Crippen molar-refractivity contribution in [2.75, 3.05) is 40.4 Å². The first-order valence-corrected chi connectivity index (χ1v) is 6.80. The molecule has 2 saturated heterocycles. The summed E-state index contributed by atoms with van der Waals surface area (Å²) in [4.78, 5) is 14.3. The highest BCUT2D eigenvalue weighted by Crippen LogP contribution is 2.24. The van der Waals surface area contributed by atoms with Crippen LogP contribution in [0.3, 0.4) is 0 Å². The van der Waals surface area contributed by atoms with E-state index < -0.39 is 5.54 Å². The van der Waals surface area contributed by atoms with Gasteiger partial charge in [0.1, 0.15) is 5.54 Å². The SMILES string of the molecule is COC(=O)C1(NCC2CCCO2)CCN(C)CC1. The van der Waals surface area contributed by atoms with Crippen molar-refractivity contribution < 1.29 is 14.3 Å². The predicted octanol–water partition coefficient (Wildman–Crippen LogP) is 0.392. The van der Waals surface area contributed by atoms with E-state index in [1.54, 1.807) is 0 Å². The normalized spacial score (nSPS) is 28.2. The lowest BCUT2D eigenvalue weighted by Gasteiger charge is -2.39. The van der Waals surface area contributed by atoms with Crippen LogP contribution in [-0.4, -0.2) is 62.9 Å². The molecule has 2 aliphatic rings. The number of methoxy groups -OCH3 is 1. The van der Waals surface area contributed by atoms with Crippen LogP contribution in [0, 0.1) is 0 Å². The second kappa shape index (κ2) is 5.99. The minimum atomic E-state index is -0.507. The fourth-order valence-corrected chi connectivity index (χ4v) is 2.76. The standard InChI is InChI=1S/C13H24N2O3/c1-15-7-5-13(6-8-15,12(16)17-2)14-10-11-4-3-9-18-11/h11,14H,3-10H2,1-2H3. The number of hydrogen-bond acceptors (Lipinski definition) is 5. The average molecular weight is 256 g/mol. The van der Waals surface area contributed by atoms with Gasteiger partial charge in [-0.3, -0.25) is 10.1 Å². The molecular formula is C13H24N2O3. The molecule has 0 saturated carbocycles. The molecule has 0 aliphatic carbocycles. The molecule has 2 rings (SSSR count). The lowest BCUT2D eigenvalue weighted by molar-refractivity contribution is -0.151. The highest BCUT2D eigenvalue weighted by molar-refractivity contribution is 5.81. The van der Waals surface area contributed by atoms with Crippen LogP contribution in [0.15, 0.2) is 0 Å².